The van der Waals surface area contributed by atoms with Gasteiger partial charge in [0.05, 0.1) is 12.6 Å². The second kappa shape index (κ2) is 13.6. The average Bonchev–Trinajstić information content (AvgIpc) is 2.76. The Bertz CT molecular complexity index is 600. The van der Waals surface area contributed by atoms with Gasteiger partial charge in [0, 0.05) is 6.61 Å². The molecule has 1 aromatic rings. The van der Waals surface area contributed by atoms with Gasteiger partial charge in [0.2, 0.25) is 0 Å². The van der Waals surface area contributed by atoms with Crippen LogP contribution in [0, 0.1) is 0 Å². The monoisotopic (exact) mass is 425 g/mol. The van der Waals surface area contributed by atoms with E-state index in [0.717, 1.165) is 24.8 Å². The second-order valence-electron chi connectivity index (χ2n) is 7.58. The Kier molecular flexibility index (Phi) is 11.1. The van der Waals surface area contributed by atoms with Gasteiger partial charge in [-0.15, -0.1) is 0 Å². The lowest BCUT2D eigenvalue weighted by Crippen LogP contribution is -2.65. The van der Waals surface area contributed by atoms with Crippen LogP contribution in [0.4, 0.5) is 4.79 Å². The zero-order valence-corrected chi connectivity index (χ0v) is 17.6. The minimum atomic E-state index is -1.30. The molecule has 4 N–H and O–H groups in total. The van der Waals surface area contributed by atoms with Gasteiger partial charge in [0.25, 0.3) is 0 Å². The predicted molar refractivity (Wildman–Crippen MR) is 111 cm³/mol. The SMILES string of the molecule is CCCCCCCCOC1O[C@H](CO)[C@@H](O)[C@H](NC(=O)OCc2ccccc2)[C@H]1O. The molecule has 0 radical (unpaired) electrons. The van der Waals surface area contributed by atoms with E-state index in [-0.39, 0.29) is 6.61 Å². The highest BCUT2D eigenvalue weighted by atomic mass is 16.7. The van der Waals surface area contributed by atoms with Gasteiger partial charge in [-0.05, 0) is 12.0 Å². The van der Waals surface area contributed by atoms with E-state index in [0.29, 0.717) is 6.61 Å². The summed E-state index contributed by atoms with van der Waals surface area (Å²) in [6.45, 7) is 2.14. The Hall–Kier alpha value is -1.71. The highest BCUT2D eigenvalue weighted by Gasteiger charge is 2.45. The van der Waals surface area contributed by atoms with Crippen molar-refractivity contribution >= 4 is 6.09 Å². The number of amides is 1. The Labute approximate surface area is 178 Å². The van der Waals surface area contributed by atoms with Crippen molar-refractivity contribution in [1.82, 2.24) is 5.32 Å². The molecule has 2 rings (SSSR count). The molecule has 1 amide bonds. The third-order valence-electron chi connectivity index (χ3n) is 5.16. The van der Waals surface area contributed by atoms with Crippen molar-refractivity contribution in [3.63, 3.8) is 0 Å². The van der Waals surface area contributed by atoms with Crippen LogP contribution >= 0.6 is 0 Å². The maximum Gasteiger partial charge on any atom is 0.407 e. The van der Waals surface area contributed by atoms with Gasteiger partial charge in [0.1, 0.15) is 24.9 Å². The van der Waals surface area contributed by atoms with Crippen LogP contribution in [-0.2, 0) is 20.8 Å². The van der Waals surface area contributed by atoms with Crippen molar-refractivity contribution in [3.8, 4) is 0 Å². The van der Waals surface area contributed by atoms with E-state index in [9.17, 15) is 20.1 Å². The zero-order chi connectivity index (χ0) is 21.8. The number of hydrogen-bond donors (Lipinski definition) is 4. The third kappa shape index (κ3) is 7.85. The molecule has 170 valence electrons. The molecule has 1 aromatic carbocycles. The summed E-state index contributed by atoms with van der Waals surface area (Å²) < 4.78 is 16.3. The first-order valence-corrected chi connectivity index (χ1v) is 10.8. The Balaban J connectivity index is 1.82. The number of alkyl carbamates (subject to hydrolysis) is 1. The van der Waals surface area contributed by atoms with Gasteiger partial charge < -0.3 is 34.8 Å². The van der Waals surface area contributed by atoms with Gasteiger partial charge in [0.15, 0.2) is 6.29 Å². The fourth-order valence-electron chi connectivity index (χ4n) is 3.38. The highest BCUT2D eigenvalue weighted by Crippen LogP contribution is 2.23. The van der Waals surface area contributed by atoms with Gasteiger partial charge >= 0.3 is 6.09 Å². The predicted octanol–water partition coefficient (Wildman–Crippen LogP) is 2.10. The number of carbonyl (C=O) groups excluding carboxylic acids is 1. The lowest BCUT2D eigenvalue weighted by atomic mass is 9.96. The summed E-state index contributed by atoms with van der Waals surface area (Å²) >= 11 is 0. The second-order valence-corrected chi connectivity index (χ2v) is 7.58. The van der Waals surface area contributed by atoms with Crippen LogP contribution in [0.3, 0.4) is 0 Å². The van der Waals surface area contributed by atoms with Crippen LogP contribution in [0.15, 0.2) is 30.3 Å². The summed E-state index contributed by atoms with van der Waals surface area (Å²) in [6.07, 6.45) is 1.13. The molecule has 1 fully saturated rings. The summed E-state index contributed by atoms with van der Waals surface area (Å²) in [5.41, 5.74) is 0.814. The van der Waals surface area contributed by atoms with E-state index in [1.54, 1.807) is 0 Å². The van der Waals surface area contributed by atoms with Crippen LogP contribution in [0.5, 0.6) is 0 Å². The van der Waals surface area contributed by atoms with Crippen LogP contribution < -0.4 is 5.32 Å². The number of hydrogen-bond acceptors (Lipinski definition) is 7. The van der Waals surface area contributed by atoms with Gasteiger partial charge in [-0.2, -0.15) is 0 Å². The summed E-state index contributed by atoms with van der Waals surface area (Å²) in [5, 5.41) is 32.9. The van der Waals surface area contributed by atoms with Crippen LogP contribution in [-0.4, -0.2) is 65.3 Å². The van der Waals surface area contributed by atoms with E-state index in [2.05, 4.69) is 12.2 Å². The molecule has 8 nitrogen and oxygen atoms in total. The molecule has 1 heterocycles. The van der Waals surface area contributed by atoms with Crippen molar-refractivity contribution in [1.29, 1.82) is 0 Å². The lowest BCUT2D eigenvalue weighted by molar-refractivity contribution is -0.278. The topological polar surface area (TPSA) is 117 Å². The van der Waals surface area contributed by atoms with Crippen molar-refractivity contribution in [2.24, 2.45) is 0 Å². The number of unbranched alkanes of at least 4 members (excludes halogenated alkanes) is 5. The molecule has 0 aliphatic carbocycles. The quantitative estimate of drug-likeness (QED) is 0.379. The Morgan fingerprint density at radius 1 is 1.07 bits per heavy atom. The molecule has 0 aromatic heterocycles. The molecule has 8 heteroatoms. The number of nitrogens with one attached hydrogen (secondary N) is 1. The zero-order valence-electron chi connectivity index (χ0n) is 17.6. The lowest BCUT2D eigenvalue weighted by Gasteiger charge is -2.42. The number of rotatable bonds is 12. The van der Waals surface area contributed by atoms with Crippen molar-refractivity contribution in [3.05, 3.63) is 35.9 Å². The number of carbonyl (C=O) groups is 1. The van der Waals surface area contributed by atoms with Crippen LogP contribution in [0.25, 0.3) is 0 Å². The molecule has 1 aliphatic rings. The minimum absolute atomic E-state index is 0.0590. The number of benzene rings is 1. The van der Waals surface area contributed by atoms with Crippen molar-refractivity contribution < 1.29 is 34.3 Å². The summed E-state index contributed by atoms with van der Waals surface area (Å²) in [6, 6.07) is 8.08. The Morgan fingerprint density at radius 3 is 2.47 bits per heavy atom. The van der Waals surface area contributed by atoms with E-state index in [1.165, 1.54) is 19.3 Å². The molecule has 1 aliphatic heterocycles. The number of aliphatic hydroxyl groups is 3. The molecular formula is C22H35NO7. The molecule has 0 bridgehead atoms. The van der Waals surface area contributed by atoms with Crippen LogP contribution in [0.2, 0.25) is 0 Å². The van der Waals surface area contributed by atoms with Gasteiger partial charge in [-0.3, -0.25) is 0 Å². The first-order valence-electron chi connectivity index (χ1n) is 10.8. The first-order chi connectivity index (χ1) is 14.6. The standard InChI is InChI=1S/C22H35NO7/c1-2-3-4-5-6-10-13-28-21-20(26)18(19(25)17(14-24)30-21)23-22(27)29-15-16-11-8-7-9-12-16/h7-9,11-12,17-21,24-26H,2-6,10,13-15H2,1H3,(H,23,27)/t17-,18+,19-,20-,21?/m1/s1. The minimum Gasteiger partial charge on any atom is -0.445 e. The molecule has 1 saturated heterocycles. The summed E-state index contributed by atoms with van der Waals surface area (Å²) in [5.74, 6) is 0. The first kappa shape index (κ1) is 24.6. The number of aliphatic hydroxyl groups excluding tert-OH is 3. The van der Waals surface area contributed by atoms with E-state index in [1.807, 2.05) is 30.3 Å². The van der Waals surface area contributed by atoms with Crippen molar-refractivity contribution in [2.45, 2.75) is 82.7 Å². The fourth-order valence-corrected chi connectivity index (χ4v) is 3.38. The largest absolute Gasteiger partial charge is 0.445 e. The molecule has 0 spiro atoms. The highest BCUT2D eigenvalue weighted by molar-refractivity contribution is 5.67. The molecule has 0 saturated carbocycles. The maximum atomic E-state index is 12.2. The van der Waals surface area contributed by atoms with Gasteiger partial charge in [-0.25, -0.2) is 4.79 Å². The van der Waals surface area contributed by atoms with E-state index in [4.69, 9.17) is 14.2 Å². The summed E-state index contributed by atoms with van der Waals surface area (Å²) in [4.78, 5) is 12.2. The average molecular weight is 426 g/mol. The van der Waals surface area contributed by atoms with Crippen molar-refractivity contribution in [2.75, 3.05) is 13.2 Å². The smallest absolute Gasteiger partial charge is 0.407 e. The Morgan fingerprint density at radius 2 is 1.77 bits per heavy atom. The maximum absolute atomic E-state index is 12.2. The van der Waals surface area contributed by atoms with Gasteiger partial charge in [-0.1, -0.05) is 69.4 Å². The summed E-state index contributed by atoms with van der Waals surface area (Å²) in [7, 11) is 0. The van der Waals surface area contributed by atoms with Crippen LogP contribution in [0.1, 0.15) is 51.0 Å². The fraction of sp³-hybridized carbons (Fsp3) is 0.682. The van der Waals surface area contributed by atoms with E-state index < -0.39 is 43.3 Å². The molecule has 30 heavy (non-hydrogen) atoms. The molecular weight excluding hydrogens is 390 g/mol. The number of ether oxygens (including phenoxy) is 3. The normalized spacial score (nSPS) is 26.3. The molecule has 5 atom stereocenters. The third-order valence-corrected chi connectivity index (χ3v) is 5.16. The molecule has 1 unspecified atom stereocenters. The van der Waals surface area contributed by atoms with E-state index >= 15 is 0 Å².